The van der Waals surface area contributed by atoms with Crippen LogP contribution in [0.25, 0.3) is 0 Å². The van der Waals surface area contributed by atoms with Gasteiger partial charge in [-0.2, -0.15) is 0 Å². The maximum atomic E-state index is 11.9. The molecule has 3 rings (SSSR count). The maximum Gasteiger partial charge on any atom is 0.219 e. The van der Waals surface area contributed by atoms with Crippen molar-refractivity contribution < 1.29 is 9.90 Å². The highest BCUT2D eigenvalue weighted by molar-refractivity contribution is 5.74. The van der Waals surface area contributed by atoms with E-state index in [4.69, 9.17) is 0 Å². The van der Waals surface area contributed by atoms with Crippen molar-refractivity contribution in [1.82, 2.24) is 9.80 Å². The Morgan fingerprint density at radius 2 is 1.86 bits per heavy atom. The lowest BCUT2D eigenvalue weighted by Crippen LogP contribution is -2.46. The van der Waals surface area contributed by atoms with Crippen LogP contribution < -0.4 is 0 Å². The van der Waals surface area contributed by atoms with Gasteiger partial charge in [0, 0.05) is 19.5 Å². The molecule has 0 aromatic carbocycles. The molecule has 3 fully saturated rings. The zero-order chi connectivity index (χ0) is 15.1. The van der Waals surface area contributed by atoms with Crippen molar-refractivity contribution in [1.29, 1.82) is 0 Å². The molecule has 1 spiro atoms. The van der Waals surface area contributed by atoms with E-state index in [0.717, 1.165) is 19.0 Å². The quantitative estimate of drug-likeness (QED) is 0.847. The van der Waals surface area contributed by atoms with E-state index in [-0.39, 0.29) is 23.5 Å². The Hall–Kier alpha value is -0.610. The predicted octanol–water partition coefficient (Wildman–Crippen LogP) is 2.01. The van der Waals surface area contributed by atoms with Crippen molar-refractivity contribution in [2.45, 2.75) is 70.4 Å². The van der Waals surface area contributed by atoms with Crippen molar-refractivity contribution in [2.24, 2.45) is 5.41 Å². The minimum Gasteiger partial charge on any atom is -0.394 e. The van der Waals surface area contributed by atoms with Crippen LogP contribution in [-0.2, 0) is 4.79 Å². The highest BCUT2D eigenvalue weighted by Crippen LogP contribution is 2.48. The van der Waals surface area contributed by atoms with Crippen molar-refractivity contribution in [3.8, 4) is 0 Å². The summed E-state index contributed by atoms with van der Waals surface area (Å²) in [6.45, 7) is 6.97. The van der Waals surface area contributed by atoms with E-state index in [0.29, 0.717) is 0 Å². The molecule has 0 aromatic heterocycles. The number of aliphatic hydroxyl groups excluding tert-OH is 1. The molecule has 2 saturated heterocycles. The second-order valence-electron chi connectivity index (χ2n) is 7.91. The molecule has 0 aromatic rings. The summed E-state index contributed by atoms with van der Waals surface area (Å²) in [6, 6.07) is 0.817. The first-order chi connectivity index (χ1) is 9.98. The second-order valence-corrected chi connectivity index (χ2v) is 7.91. The van der Waals surface area contributed by atoms with E-state index < -0.39 is 0 Å². The summed E-state index contributed by atoms with van der Waals surface area (Å²) in [5.74, 6) is 0.113. The molecule has 4 heteroatoms. The molecule has 1 N–H and O–H groups in total. The average Bonchev–Trinajstić information content (AvgIpc) is 3.08. The van der Waals surface area contributed by atoms with E-state index in [1.165, 1.54) is 51.6 Å². The number of hydrogen-bond donors (Lipinski definition) is 1. The highest BCUT2D eigenvalue weighted by Gasteiger charge is 2.52. The first-order valence-electron chi connectivity index (χ1n) is 8.61. The number of rotatable bonds is 2. The first kappa shape index (κ1) is 15.3. The molecule has 0 bridgehead atoms. The molecular formula is C17H30N2O2. The standard InChI is InChI=1S/C17H30N2O2/c1-14(21)19-12-17(11-16(19,2)13-20)7-9-18(10-8-17)15-5-3-4-6-15/h15,20H,3-13H2,1-2H3. The molecule has 1 atom stereocenters. The fraction of sp³-hybridized carbons (Fsp3) is 0.941. The number of nitrogens with zero attached hydrogens (tertiary/aromatic N) is 2. The Morgan fingerprint density at radius 3 is 2.33 bits per heavy atom. The number of carbonyl (C=O) groups excluding carboxylic acids is 1. The first-order valence-corrected chi connectivity index (χ1v) is 8.61. The number of hydrogen-bond acceptors (Lipinski definition) is 3. The van der Waals surface area contributed by atoms with E-state index in [9.17, 15) is 9.90 Å². The van der Waals surface area contributed by atoms with Crippen LogP contribution in [0, 0.1) is 5.41 Å². The third-order valence-corrected chi connectivity index (χ3v) is 6.32. The van der Waals surface area contributed by atoms with Gasteiger partial charge in [0.05, 0.1) is 12.1 Å². The van der Waals surface area contributed by atoms with Gasteiger partial charge < -0.3 is 14.9 Å². The van der Waals surface area contributed by atoms with Crippen LogP contribution in [0.1, 0.15) is 58.8 Å². The number of carbonyl (C=O) groups is 1. The van der Waals surface area contributed by atoms with Gasteiger partial charge in [-0.3, -0.25) is 4.79 Å². The third kappa shape index (κ3) is 2.72. The molecule has 1 saturated carbocycles. The Bertz CT molecular complexity index is 398. The number of likely N-dealkylation sites (tertiary alicyclic amines) is 2. The van der Waals surface area contributed by atoms with Crippen molar-refractivity contribution in [3.63, 3.8) is 0 Å². The zero-order valence-electron chi connectivity index (χ0n) is 13.6. The smallest absolute Gasteiger partial charge is 0.219 e. The molecule has 3 aliphatic rings. The summed E-state index contributed by atoms with van der Waals surface area (Å²) < 4.78 is 0. The van der Waals surface area contributed by atoms with Gasteiger partial charge in [-0.25, -0.2) is 0 Å². The summed E-state index contributed by atoms with van der Waals surface area (Å²) in [5, 5.41) is 9.78. The normalized spacial score (nSPS) is 34.0. The Balaban J connectivity index is 1.66. The van der Waals surface area contributed by atoms with Gasteiger partial charge in [-0.05, 0) is 57.5 Å². The molecule has 4 nitrogen and oxygen atoms in total. The lowest BCUT2D eigenvalue weighted by Gasteiger charge is -2.42. The Labute approximate surface area is 128 Å². The van der Waals surface area contributed by atoms with Crippen molar-refractivity contribution in [2.75, 3.05) is 26.2 Å². The Morgan fingerprint density at radius 1 is 1.24 bits per heavy atom. The average molecular weight is 294 g/mol. The molecule has 120 valence electrons. The van der Waals surface area contributed by atoms with E-state index in [1.54, 1.807) is 6.92 Å². The van der Waals surface area contributed by atoms with Crippen LogP contribution in [-0.4, -0.2) is 58.6 Å². The van der Waals surface area contributed by atoms with Crippen LogP contribution in [0.5, 0.6) is 0 Å². The summed E-state index contributed by atoms with van der Waals surface area (Å²) >= 11 is 0. The van der Waals surface area contributed by atoms with Gasteiger partial charge >= 0.3 is 0 Å². The fourth-order valence-corrected chi connectivity index (χ4v) is 5.09. The summed E-state index contributed by atoms with van der Waals surface area (Å²) in [6.07, 6.45) is 8.88. The topological polar surface area (TPSA) is 43.8 Å². The van der Waals surface area contributed by atoms with Crippen LogP contribution in [0.3, 0.4) is 0 Å². The van der Waals surface area contributed by atoms with Gasteiger partial charge in [0.15, 0.2) is 0 Å². The van der Waals surface area contributed by atoms with Gasteiger partial charge in [0.2, 0.25) is 5.91 Å². The van der Waals surface area contributed by atoms with Crippen molar-refractivity contribution in [3.05, 3.63) is 0 Å². The molecule has 1 aliphatic carbocycles. The number of amides is 1. The number of aliphatic hydroxyl groups is 1. The van der Waals surface area contributed by atoms with Gasteiger partial charge in [0.1, 0.15) is 0 Å². The summed E-state index contributed by atoms with van der Waals surface area (Å²) in [4.78, 5) is 16.5. The lowest BCUT2D eigenvalue weighted by atomic mass is 9.74. The van der Waals surface area contributed by atoms with Gasteiger partial charge in [-0.1, -0.05) is 12.8 Å². The van der Waals surface area contributed by atoms with E-state index in [2.05, 4.69) is 4.90 Å². The highest BCUT2D eigenvalue weighted by atomic mass is 16.3. The third-order valence-electron chi connectivity index (χ3n) is 6.32. The van der Waals surface area contributed by atoms with Crippen molar-refractivity contribution >= 4 is 5.91 Å². The molecule has 1 amide bonds. The summed E-state index contributed by atoms with van der Waals surface area (Å²) in [5.41, 5.74) is -0.0976. The van der Waals surface area contributed by atoms with Gasteiger partial charge in [0.25, 0.3) is 0 Å². The maximum absolute atomic E-state index is 11.9. The monoisotopic (exact) mass is 294 g/mol. The largest absolute Gasteiger partial charge is 0.394 e. The molecular weight excluding hydrogens is 264 g/mol. The van der Waals surface area contributed by atoms with Crippen LogP contribution >= 0.6 is 0 Å². The lowest BCUT2D eigenvalue weighted by molar-refractivity contribution is -0.134. The molecule has 2 aliphatic heterocycles. The van der Waals surface area contributed by atoms with Crippen LogP contribution in [0.4, 0.5) is 0 Å². The number of piperidine rings is 1. The minimum absolute atomic E-state index is 0.0840. The fourth-order valence-electron chi connectivity index (χ4n) is 5.09. The predicted molar refractivity (Wildman–Crippen MR) is 83.0 cm³/mol. The van der Waals surface area contributed by atoms with Crippen LogP contribution in [0.15, 0.2) is 0 Å². The molecule has 1 unspecified atom stereocenters. The Kier molecular flexibility index (Phi) is 4.04. The summed E-state index contributed by atoms with van der Waals surface area (Å²) in [7, 11) is 0. The van der Waals surface area contributed by atoms with Gasteiger partial charge in [-0.15, -0.1) is 0 Å². The second kappa shape index (κ2) is 5.54. The zero-order valence-corrected chi connectivity index (χ0v) is 13.6. The van der Waals surface area contributed by atoms with E-state index in [1.807, 2.05) is 11.8 Å². The molecule has 2 heterocycles. The molecule has 21 heavy (non-hydrogen) atoms. The van der Waals surface area contributed by atoms with Crippen LogP contribution in [0.2, 0.25) is 0 Å². The minimum atomic E-state index is -0.346. The molecule has 0 radical (unpaired) electrons. The van der Waals surface area contributed by atoms with E-state index >= 15 is 0 Å². The SMILES string of the molecule is CC(=O)N1CC2(CCN(C3CCCC3)CC2)CC1(C)CO.